The van der Waals surface area contributed by atoms with Crippen LogP contribution in [0, 0.1) is 5.92 Å². The molecule has 0 aliphatic carbocycles. The van der Waals surface area contributed by atoms with Gasteiger partial charge in [0, 0.05) is 24.8 Å². The molecule has 0 bridgehead atoms. The summed E-state index contributed by atoms with van der Waals surface area (Å²) in [5.41, 5.74) is 0. The first kappa shape index (κ1) is 10.6. The first-order valence-electron chi connectivity index (χ1n) is 3.57. The Balaban J connectivity index is 0.000000202. The SMILES string of the molecule is CC(C)C(=O)O.c1cnccn1. The van der Waals surface area contributed by atoms with Gasteiger partial charge in [0.1, 0.15) is 0 Å². The summed E-state index contributed by atoms with van der Waals surface area (Å²) in [6.45, 7) is 3.28. The zero-order chi connectivity index (χ0) is 9.40. The van der Waals surface area contributed by atoms with Gasteiger partial charge in [0.25, 0.3) is 0 Å². The van der Waals surface area contributed by atoms with Crippen LogP contribution in [0.1, 0.15) is 13.8 Å². The molecule has 4 nitrogen and oxygen atoms in total. The zero-order valence-corrected chi connectivity index (χ0v) is 7.14. The Bertz CT molecular complexity index is 185. The number of rotatable bonds is 1. The molecule has 0 spiro atoms. The van der Waals surface area contributed by atoms with E-state index in [2.05, 4.69) is 9.97 Å². The molecule has 1 aromatic rings. The second kappa shape index (κ2) is 6.27. The summed E-state index contributed by atoms with van der Waals surface area (Å²) in [4.78, 5) is 17.1. The lowest BCUT2D eigenvalue weighted by Gasteiger charge is -1.89. The lowest BCUT2D eigenvalue weighted by molar-refractivity contribution is -0.140. The van der Waals surface area contributed by atoms with Crippen molar-refractivity contribution in [3.63, 3.8) is 0 Å². The maximum Gasteiger partial charge on any atom is 0.305 e. The number of carbonyl (C=O) groups is 1. The number of aromatic nitrogens is 2. The van der Waals surface area contributed by atoms with E-state index in [-0.39, 0.29) is 5.92 Å². The second-order valence-corrected chi connectivity index (χ2v) is 2.39. The van der Waals surface area contributed by atoms with Gasteiger partial charge in [-0.1, -0.05) is 13.8 Å². The normalized spacial score (nSPS) is 8.58. The topological polar surface area (TPSA) is 63.1 Å². The molecule has 0 radical (unpaired) electrons. The molecule has 0 atom stereocenters. The lowest BCUT2D eigenvalue weighted by atomic mass is 10.2. The van der Waals surface area contributed by atoms with E-state index in [0.717, 1.165) is 0 Å². The molecular formula is C8H12N2O2. The molecule has 1 rings (SSSR count). The molecule has 0 aromatic carbocycles. The van der Waals surface area contributed by atoms with Crippen molar-refractivity contribution >= 4 is 5.97 Å². The van der Waals surface area contributed by atoms with Crippen LogP contribution in [-0.4, -0.2) is 21.0 Å². The molecule has 0 saturated carbocycles. The Labute approximate surface area is 71.3 Å². The predicted molar refractivity (Wildman–Crippen MR) is 44.5 cm³/mol. The van der Waals surface area contributed by atoms with Gasteiger partial charge in [0.05, 0.1) is 5.92 Å². The summed E-state index contributed by atoms with van der Waals surface area (Å²) in [5, 5.41) is 7.99. The lowest BCUT2D eigenvalue weighted by Crippen LogP contribution is -2.03. The van der Waals surface area contributed by atoms with Crippen molar-refractivity contribution in [2.24, 2.45) is 5.92 Å². The van der Waals surface area contributed by atoms with Gasteiger partial charge in [-0.05, 0) is 0 Å². The van der Waals surface area contributed by atoms with Crippen LogP contribution < -0.4 is 0 Å². The fraction of sp³-hybridized carbons (Fsp3) is 0.375. The summed E-state index contributed by atoms with van der Waals surface area (Å²) >= 11 is 0. The Morgan fingerprint density at radius 2 is 1.42 bits per heavy atom. The number of carboxylic acids is 1. The van der Waals surface area contributed by atoms with Crippen molar-refractivity contribution in [2.75, 3.05) is 0 Å². The molecule has 0 amide bonds. The summed E-state index contributed by atoms with van der Waals surface area (Å²) < 4.78 is 0. The zero-order valence-electron chi connectivity index (χ0n) is 7.14. The molecule has 1 heterocycles. The molecule has 0 aliphatic rings. The molecular weight excluding hydrogens is 156 g/mol. The van der Waals surface area contributed by atoms with Crippen molar-refractivity contribution in [1.29, 1.82) is 0 Å². The number of carboxylic acid groups (broad SMARTS) is 1. The van der Waals surface area contributed by atoms with Crippen molar-refractivity contribution in [3.05, 3.63) is 24.8 Å². The van der Waals surface area contributed by atoms with E-state index >= 15 is 0 Å². The van der Waals surface area contributed by atoms with Crippen LogP contribution in [0.3, 0.4) is 0 Å². The van der Waals surface area contributed by atoms with Crippen LogP contribution in [0.5, 0.6) is 0 Å². The van der Waals surface area contributed by atoms with Crippen LogP contribution in [0.25, 0.3) is 0 Å². The second-order valence-electron chi connectivity index (χ2n) is 2.39. The summed E-state index contributed by atoms with van der Waals surface area (Å²) in [6.07, 6.45) is 6.56. The average Bonchev–Trinajstić information content (AvgIpc) is 2.08. The molecule has 66 valence electrons. The standard InChI is InChI=1S/C4H4N2.C4H8O2/c1-2-6-4-3-5-1;1-3(2)4(5)6/h1-4H;3H,1-2H3,(H,5,6). The van der Waals surface area contributed by atoms with Crippen LogP contribution >= 0.6 is 0 Å². The van der Waals surface area contributed by atoms with Crippen LogP contribution in [0.4, 0.5) is 0 Å². The van der Waals surface area contributed by atoms with Gasteiger partial charge >= 0.3 is 5.97 Å². The molecule has 0 saturated heterocycles. The number of hydrogen-bond acceptors (Lipinski definition) is 3. The van der Waals surface area contributed by atoms with E-state index in [1.54, 1.807) is 38.6 Å². The van der Waals surface area contributed by atoms with Gasteiger partial charge in [-0.15, -0.1) is 0 Å². The van der Waals surface area contributed by atoms with Gasteiger partial charge in [-0.25, -0.2) is 0 Å². The number of hydrogen-bond donors (Lipinski definition) is 1. The minimum atomic E-state index is -0.741. The third-order valence-corrected chi connectivity index (χ3v) is 0.971. The maximum absolute atomic E-state index is 9.70. The van der Waals surface area contributed by atoms with E-state index in [4.69, 9.17) is 5.11 Å². The Kier molecular flexibility index (Phi) is 5.51. The van der Waals surface area contributed by atoms with E-state index < -0.39 is 5.97 Å². The largest absolute Gasteiger partial charge is 0.481 e. The van der Waals surface area contributed by atoms with E-state index in [9.17, 15) is 4.79 Å². The smallest absolute Gasteiger partial charge is 0.305 e. The monoisotopic (exact) mass is 168 g/mol. The van der Waals surface area contributed by atoms with Gasteiger partial charge in [-0.2, -0.15) is 0 Å². The Morgan fingerprint density at radius 1 is 1.17 bits per heavy atom. The highest BCUT2D eigenvalue weighted by molar-refractivity contribution is 5.68. The van der Waals surface area contributed by atoms with Crippen molar-refractivity contribution in [2.45, 2.75) is 13.8 Å². The summed E-state index contributed by atoms with van der Waals surface area (Å²) in [7, 11) is 0. The van der Waals surface area contributed by atoms with E-state index in [1.165, 1.54) is 0 Å². The summed E-state index contributed by atoms with van der Waals surface area (Å²) in [5.74, 6) is -0.972. The molecule has 4 heteroatoms. The third-order valence-electron chi connectivity index (χ3n) is 0.971. The quantitative estimate of drug-likeness (QED) is 0.684. The van der Waals surface area contributed by atoms with Crippen LogP contribution in [0.15, 0.2) is 24.8 Å². The van der Waals surface area contributed by atoms with E-state index in [0.29, 0.717) is 0 Å². The molecule has 1 N–H and O–H groups in total. The Hall–Kier alpha value is -1.45. The molecule has 12 heavy (non-hydrogen) atoms. The van der Waals surface area contributed by atoms with Crippen molar-refractivity contribution in [3.8, 4) is 0 Å². The fourth-order valence-corrected chi connectivity index (χ4v) is 0.253. The van der Waals surface area contributed by atoms with Crippen LogP contribution in [0.2, 0.25) is 0 Å². The first-order chi connectivity index (χ1) is 5.64. The molecule has 0 aliphatic heterocycles. The maximum atomic E-state index is 9.70. The Morgan fingerprint density at radius 3 is 1.50 bits per heavy atom. The average molecular weight is 168 g/mol. The molecule has 1 aromatic heterocycles. The van der Waals surface area contributed by atoms with Crippen LogP contribution in [-0.2, 0) is 4.79 Å². The van der Waals surface area contributed by atoms with Gasteiger partial charge < -0.3 is 5.11 Å². The predicted octanol–water partition coefficient (Wildman–Crippen LogP) is 1.20. The number of aliphatic carboxylic acids is 1. The highest BCUT2D eigenvalue weighted by Crippen LogP contribution is 1.87. The minimum absolute atomic E-state index is 0.231. The van der Waals surface area contributed by atoms with Gasteiger partial charge in [0.2, 0.25) is 0 Å². The van der Waals surface area contributed by atoms with Crippen molar-refractivity contribution in [1.82, 2.24) is 9.97 Å². The van der Waals surface area contributed by atoms with Crippen molar-refractivity contribution < 1.29 is 9.90 Å². The highest BCUT2D eigenvalue weighted by Gasteiger charge is 1.99. The van der Waals surface area contributed by atoms with Gasteiger partial charge in [-0.3, -0.25) is 14.8 Å². The molecule has 0 fully saturated rings. The van der Waals surface area contributed by atoms with E-state index in [1.807, 2.05) is 0 Å². The fourth-order valence-electron chi connectivity index (χ4n) is 0.253. The molecule has 0 unspecified atom stereocenters. The third kappa shape index (κ3) is 6.67. The minimum Gasteiger partial charge on any atom is -0.481 e. The first-order valence-corrected chi connectivity index (χ1v) is 3.57. The van der Waals surface area contributed by atoms with Gasteiger partial charge in [0.15, 0.2) is 0 Å². The number of nitrogens with zero attached hydrogens (tertiary/aromatic N) is 2. The highest BCUT2D eigenvalue weighted by atomic mass is 16.4. The summed E-state index contributed by atoms with van der Waals surface area (Å²) in [6, 6.07) is 0.